The maximum absolute atomic E-state index is 9.85. The maximum Gasteiger partial charge on any atom is 0.136 e. The number of likely N-dealkylation sites (N-methyl/N-ethyl adjacent to an activating group) is 1. The summed E-state index contributed by atoms with van der Waals surface area (Å²) < 4.78 is 10.9. The number of ether oxygens (including phenoxy) is 2. The standard InChI is InChI=1S/C25H29NO4/c1-6-26(15-16-27)22-11-8-19(9-12-22)7-10-20-17-24(30-5)21(18-23(20)29-4)13-14-25(2,3)28/h8-9,11-12,17-18,27-28H,6,15-16H2,1-5H3. The average molecular weight is 408 g/mol. The monoisotopic (exact) mass is 407 g/mol. The molecule has 0 atom stereocenters. The summed E-state index contributed by atoms with van der Waals surface area (Å²) in [7, 11) is 3.15. The molecule has 0 aliphatic heterocycles. The number of hydrogen-bond acceptors (Lipinski definition) is 5. The van der Waals surface area contributed by atoms with Crippen molar-refractivity contribution in [3.8, 4) is 35.2 Å². The predicted octanol–water partition coefficient (Wildman–Crippen LogP) is 3.04. The molecule has 0 radical (unpaired) electrons. The second-order valence-corrected chi connectivity index (χ2v) is 7.16. The van der Waals surface area contributed by atoms with Crippen molar-refractivity contribution in [2.24, 2.45) is 0 Å². The molecular weight excluding hydrogens is 378 g/mol. The van der Waals surface area contributed by atoms with E-state index in [4.69, 9.17) is 9.47 Å². The number of aliphatic hydroxyl groups excluding tert-OH is 1. The number of nitrogens with zero attached hydrogens (tertiary/aromatic N) is 1. The highest BCUT2D eigenvalue weighted by Crippen LogP contribution is 2.28. The maximum atomic E-state index is 9.85. The van der Waals surface area contributed by atoms with Crippen LogP contribution >= 0.6 is 0 Å². The van der Waals surface area contributed by atoms with Crippen LogP contribution < -0.4 is 14.4 Å². The van der Waals surface area contributed by atoms with E-state index in [1.54, 1.807) is 40.2 Å². The van der Waals surface area contributed by atoms with Gasteiger partial charge in [-0.15, -0.1) is 0 Å². The lowest BCUT2D eigenvalue weighted by Crippen LogP contribution is -2.25. The molecule has 0 saturated heterocycles. The van der Waals surface area contributed by atoms with Crippen molar-refractivity contribution in [3.63, 3.8) is 0 Å². The largest absolute Gasteiger partial charge is 0.495 e. The zero-order chi connectivity index (χ0) is 22.1. The fraction of sp³-hybridized carbons (Fsp3) is 0.360. The third-order valence-corrected chi connectivity index (χ3v) is 4.35. The molecule has 2 aromatic carbocycles. The Balaban J connectivity index is 2.35. The van der Waals surface area contributed by atoms with Crippen LogP contribution in [-0.4, -0.2) is 49.7 Å². The smallest absolute Gasteiger partial charge is 0.136 e. The normalized spacial score (nSPS) is 10.4. The molecule has 0 heterocycles. The van der Waals surface area contributed by atoms with Crippen LogP contribution in [0.15, 0.2) is 36.4 Å². The van der Waals surface area contributed by atoms with Crippen LogP contribution in [0.2, 0.25) is 0 Å². The van der Waals surface area contributed by atoms with E-state index in [9.17, 15) is 10.2 Å². The zero-order valence-corrected chi connectivity index (χ0v) is 18.2. The van der Waals surface area contributed by atoms with Crippen molar-refractivity contribution >= 4 is 5.69 Å². The predicted molar refractivity (Wildman–Crippen MR) is 120 cm³/mol. The van der Waals surface area contributed by atoms with E-state index in [1.165, 1.54) is 0 Å². The fourth-order valence-electron chi connectivity index (χ4n) is 2.80. The summed E-state index contributed by atoms with van der Waals surface area (Å²) in [6.07, 6.45) is 0. The molecular formula is C25H29NO4. The number of benzene rings is 2. The lowest BCUT2D eigenvalue weighted by Gasteiger charge is -2.21. The minimum atomic E-state index is -1.10. The second-order valence-electron chi connectivity index (χ2n) is 7.16. The first kappa shape index (κ1) is 23.2. The van der Waals surface area contributed by atoms with Gasteiger partial charge in [-0.2, -0.15) is 0 Å². The topological polar surface area (TPSA) is 62.2 Å². The summed E-state index contributed by atoms with van der Waals surface area (Å²) in [4.78, 5) is 2.10. The van der Waals surface area contributed by atoms with Gasteiger partial charge in [0, 0.05) is 36.5 Å². The van der Waals surface area contributed by atoms with Gasteiger partial charge in [0.2, 0.25) is 0 Å². The van der Waals surface area contributed by atoms with Crippen molar-refractivity contribution in [1.29, 1.82) is 0 Å². The van der Waals surface area contributed by atoms with Gasteiger partial charge in [-0.3, -0.25) is 0 Å². The van der Waals surface area contributed by atoms with Crippen LogP contribution in [0.5, 0.6) is 11.5 Å². The Hall–Kier alpha value is -3.12. The molecule has 0 unspecified atom stereocenters. The highest BCUT2D eigenvalue weighted by Gasteiger charge is 2.11. The highest BCUT2D eigenvalue weighted by atomic mass is 16.5. The minimum absolute atomic E-state index is 0.118. The van der Waals surface area contributed by atoms with Gasteiger partial charge in [0.25, 0.3) is 0 Å². The van der Waals surface area contributed by atoms with Crippen molar-refractivity contribution in [1.82, 2.24) is 0 Å². The molecule has 0 fully saturated rings. The van der Waals surface area contributed by atoms with Crippen molar-refractivity contribution in [2.75, 3.05) is 38.8 Å². The van der Waals surface area contributed by atoms with E-state index in [0.29, 0.717) is 29.2 Å². The van der Waals surface area contributed by atoms with Gasteiger partial charge in [0.15, 0.2) is 0 Å². The molecule has 2 N–H and O–H groups in total. The number of rotatable bonds is 6. The van der Waals surface area contributed by atoms with Crippen LogP contribution in [0.3, 0.4) is 0 Å². The molecule has 158 valence electrons. The summed E-state index contributed by atoms with van der Waals surface area (Å²) in [6, 6.07) is 11.4. The Labute approximate surface area is 179 Å². The average Bonchev–Trinajstić information content (AvgIpc) is 2.74. The molecule has 2 rings (SSSR count). The van der Waals surface area contributed by atoms with Gasteiger partial charge in [0.1, 0.15) is 17.1 Å². The molecule has 2 aromatic rings. The quantitative estimate of drug-likeness (QED) is 0.721. The van der Waals surface area contributed by atoms with E-state index in [0.717, 1.165) is 17.8 Å². The summed E-state index contributed by atoms with van der Waals surface area (Å²) >= 11 is 0. The Kier molecular flexibility index (Phi) is 8.18. The third-order valence-electron chi connectivity index (χ3n) is 4.35. The molecule has 0 aliphatic carbocycles. The lowest BCUT2D eigenvalue weighted by molar-refractivity contribution is 0.143. The summed E-state index contributed by atoms with van der Waals surface area (Å²) in [5.41, 5.74) is 2.11. The molecule has 0 saturated carbocycles. The highest BCUT2D eigenvalue weighted by molar-refractivity contribution is 5.60. The van der Waals surface area contributed by atoms with Crippen LogP contribution in [-0.2, 0) is 0 Å². The molecule has 0 amide bonds. The summed E-state index contributed by atoms with van der Waals surface area (Å²) in [6.45, 7) is 6.84. The molecule has 5 nitrogen and oxygen atoms in total. The van der Waals surface area contributed by atoms with Crippen molar-refractivity contribution in [3.05, 3.63) is 53.1 Å². The molecule has 30 heavy (non-hydrogen) atoms. The Morgan fingerprint density at radius 2 is 1.50 bits per heavy atom. The van der Waals surface area contributed by atoms with Crippen LogP contribution in [0, 0.1) is 23.7 Å². The molecule has 0 spiro atoms. The van der Waals surface area contributed by atoms with Crippen LogP contribution in [0.25, 0.3) is 0 Å². The van der Waals surface area contributed by atoms with Crippen LogP contribution in [0.1, 0.15) is 37.5 Å². The number of aliphatic hydroxyl groups is 2. The van der Waals surface area contributed by atoms with Crippen molar-refractivity contribution in [2.45, 2.75) is 26.4 Å². The Morgan fingerprint density at radius 1 is 0.933 bits per heavy atom. The van der Waals surface area contributed by atoms with Gasteiger partial charge >= 0.3 is 0 Å². The van der Waals surface area contributed by atoms with E-state index in [2.05, 4.69) is 35.5 Å². The van der Waals surface area contributed by atoms with E-state index in [-0.39, 0.29) is 6.61 Å². The summed E-state index contributed by atoms with van der Waals surface area (Å²) in [5.74, 6) is 13.2. The van der Waals surface area contributed by atoms with E-state index in [1.807, 2.05) is 24.3 Å². The summed E-state index contributed by atoms with van der Waals surface area (Å²) in [5, 5.41) is 19.0. The van der Waals surface area contributed by atoms with Gasteiger partial charge in [-0.05, 0) is 45.0 Å². The molecule has 0 bridgehead atoms. The van der Waals surface area contributed by atoms with Gasteiger partial charge < -0.3 is 24.6 Å². The number of hydrogen-bond donors (Lipinski definition) is 2. The van der Waals surface area contributed by atoms with E-state index >= 15 is 0 Å². The lowest BCUT2D eigenvalue weighted by atomic mass is 10.1. The molecule has 0 aliphatic rings. The van der Waals surface area contributed by atoms with Gasteiger partial charge in [-0.25, -0.2) is 0 Å². The van der Waals surface area contributed by atoms with Crippen LogP contribution in [0.4, 0.5) is 5.69 Å². The van der Waals surface area contributed by atoms with Gasteiger partial charge in [-0.1, -0.05) is 23.7 Å². The number of anilines is 1. The molecule has 0 aromatic heterocycles. The molecule has 5 heteroatoms. The van der Waals surface area contributed by atoms with Crippen molar-refractivity contribution < 1.29 is 19.7 Å². The first-order chi connectivity index (χ1) is 14.3. The van der Waals surface area contributed by atoms with Gasteiger partial charge in [0.05, 0.1) is 32.0 Å². The SMILES string of the molecule is CCN(CCO)c1ccc(C#Cc2cc(OC)c(C#CC(C)(C)O)cc2OC)cc1. The first-order valence-corrected chi connectivity index (χ1v) is 9.80. The Morgan fingerprint density at radius 3 is 1.97 bits per heavy atom. The number of methoxy groups -OCH3 is 2. The zero-order valence-electron chi connectivity index (χ0n) is 18.2. The van der Waals surface area contributed by atoms with E-state index < -0.39 is 5.60 Å². The second kappa shape index (κ2) is 10.6. The minimum Gasteiger partial charge on any atom is -0.495 e. The first-order valence-electron chi connectivity index (χ1n) is 9.80. The fourth-order valence-corrected chi connectivity index (χ4v) is 2.80. The third kappa shape index (κ3) is 6.46. The Bertz CT molecular complexity index is 967.